The first-order valence-corrected chi connectivity index (χ1v) is 4.52. The van der Waals surface area contributed by atoms with Crippen LogP contribution in [0, 0.1) is 5.92 Å². The van der Waals surface area contributed by atoms with Crippen LogP contribution in [0.2, 0.25) is 0 Å². The van der Waals surface area contributed by atoms with Crippen molar-refractivity contribution >= 4 is 0 Å². The van der Waals surface area contributed by atoms with Crippen LogP contribution in [0.5, 0.6) is 0 Å². The normalized spacial score (nSPS) is 36.0. The molecule has 0 spiro atoms. The highest BCUT2D eigenvalue weighted by atomic mass is 16.6. The molecule has 64 valence electrons. The van der Waals surface area contributed by atoms with E-state index < -0.39 is 5.60 Å². The van der Waals surface area contributed by atoms with Crippen LogP contribution < -0.4 is 0 Å². The van der Waals surface area contributed by atoms with E-state index in [-0.39, 0.29) is 0 Å². The second-order valence-corrected chi connectivity index (χ2v) is 4.14. The standard InChI is InChI=1S/C9H16O2/c1-9(10,5-8-6-11-8)7-3-2-4-7/h7-8,10H,2-6H2,1H3. The van der Waals surface area contributed by atoms with Crippen molar-refractivity contribution < 1.29 is 9.84 Å². The Kier molecular flexibility index (Phi) is 1.69. The zero-order chi connectivity index (χ0) is 7.90. The Balaban J connectivity index is 1.84. The molecule has 1 saturated heterocycles. The molecule has 0 bridgehead atoms. The molecule has 2 heteroatoms. The van der Waals surface area contributed by atoms with Crippen molar-refractivity contribution in [2.24, 2.45) is 5.92 Å². The molecule has 2 unspecified atom stereocenters. The summed E-state index contributed by atoms with van der Waals surface area (Å²) in [5.74, 6) is 0.548. The van der Waals surface area contributed by atoms with Gasteiger partial charge < -0.3 is 9.84 Å². The first kappa shape index (κ1) is 7.56. The summed E-state index contributed by atoms with van der Waals surface area (Å²) in [7, 11) is 0. The highest BCUT2D eigenvalue weighted by molar-refractivity contribution is 4.91. The molecule has 11 heavy (non-hydrogen) atoms. The van der Waals surface area contributed by atoms with Gasteiger partial charge in [-0.3, -0.25) is 0 Å². The quantitative estimate of drug-likeness (QED) is 0.625. The maximum absolute atomic E-state index is 9.96. The van der Waals surface area contributed by atoms with Gasteiger partial charge in [0.15, 0.2) is 0 Å². The Morgan fingerprint density at radius 3 is 2.55 bits per heavy atom. The maximum atomic E-state index is 9.96. The van der Waals surface area contributed by atoms with E-state index in [2.05, 4.69) is 0 Å². The van der Waals surface area contributed by atoms with E-state index in [4.69, 9.17) is 4.74 Å². The van der Waals surface area contributed by atoms with Crippen molar-refractivity contribution in [2.45, 2.75) is 44.3 Å². The largest absolute Gasteiger partial charge is 0.390 e. The molecule has 0 amide bonds. The second-order valence-electron chi connectivity index (χ2n) is 4.14. The van der Waals surface area contributed by atoms with Crippen LogP contribution in [0.15, 0.2) is 0 Å². The van der Waals surface area contributed by atoms with Crippen molar-refractivity contribution in [3.05, 3.63) is 0 Å². The molecule has 1 saturated carbocycles. The highest BCUT2D eigenvalue weighted by Crippen LogP contribution is 2.40. The Morgan fingerprint density at radius 2 is 2.18 bits per heavy atom. The van der Waals surface area contributed by atoms with Gasteiger partial charge in [-0.15, -0.1) is 0 Å². The molecule has 1 aliphatic heterocycles. The highest BCUT2D eigenvalue weighted by Gasteiger charge is 2.40. The third kappa shape index (κ3) is 1.57. The van der Waals surface area contributed by atoms with Gasteiger partial charge in [0.2, 0.25) is 0 Å². The molecule has 0 aromatic heterocycles. The van der Waals surface area contributed by atoms with Gasteiger partial charge in [-0.1, -0.05) is 6.42 Å². The average Bonchev–Trinajstić information content (AvgIpc) is 2.40. The maximum Gasteiger partial charge on any atom is 0.0837 e. The van der Waals surface area contributed by atoms with Gasteiger partial charge in [-0.05, 0) is 25.7 Å². The van der Waals surface area contributed by atoms with E-state index in [0.717, 1.165) is 13.0 Å². The first-order chi connectivity index (χ1) is 5.18. The van der Waals surface area contributed by atoms with Gasteiger partial charge in [-0.2, -0.15) is 0 Å². The summed E-state index contributed by atoms with van der Waals surface area (Å²) in [6, 6.07) is 0. The van der Waals surface area contributed by atoms with Crippen LogP contribution in [0.1, 0.15) is 32.6 Å². The van der Waals surface area contributed by atoms with Crippen molar-refractivity contribution in [2.75, 3.05) is 6.61 Å². The summed E-state index contributed by atoms with van der Waals surface area (Å²) in [5.41, 5.74) is -0.445. The van der Waals surface area contributed by atoms with Crippen molar-refractivity contribution in [1.82, 2.24) is 0 Å². The van der Waals surface area contributed by atoms with Crippen LogP contribution >= 0.6 is 0 Å². The molecule has 0 aromatic carbocycles. The fourth-order valence-electron chi connectivity index (χ4n) is 1.84. The third-order valence-electron chi connectivity index (χ3n) is 3.03. The Labute approximate surface area is 67.6 Å². The van der Waals surface area contributed by atoms with Crippen molar-refractivity contribution in [3.63, 3.8) is 0 Å². The van der Waals surface area contributed by atoms with Crippen molar-refractivity contribution in [1.29, 1.82) is 0 Å². The lowest BCUT2D eigenvalue weighted by molar-refractivity contribution is -0.0455. The zero-order valence-electron chi connectivity index (χ0n) is 7.05. The average molecular weight is 156 g/mol. The number of rotatable bonds is 3. The lowest BCUT2D eigenvalue weighted by atomic mass is 9.72. The molecule has 2 nitrogen and oxygen atoms in total. The lowest BCUT2D eigenvalue weighted by Crippen LogP contribution is -2.39. The Hall–Kier alpha value is -0.0800. The minimum atomic E-state index is -0.445. The number of epoxide rings is 1. The molecule has 0 radical (unpaired) electrons. The first-order valence-electron chi connectivity index (χ1n) is 4.52. The Bertz CT molecular complexity index is 146. The van der Waals surface area contributed by atoms with E-state index >= 15 is 0 Å². The van der Waals surface area contributed by atoms with Gasteiger partial charge in [0.25, 0.3) is 0 Å². The van der Waals surface area contributed by atoms with Gasteiger partial charge in [0.1, 0.15) is 0 Å². The van der Waals surface area contributed by atoms with Gasteiger partial charge in [0.05, 0.1) is 18.3 Å². The van der Waals surface area contributed by atoms with Crippen LogP contribution in [0.3, 0.4) is 0 Å². The molecule has 2 atom stereocenters. The Morgan fingerprint density at radius 1 is 1.55 bits per heavy atom. The summed E-state index contributed by atoms with van der Waals surface area (Å²) >= 11 is 0. The molecule has 0 aromatic rings. The number of aliphatic hydroxyl groups is 1. The molecule has 1 aliphatic carbocycles. The van der Waals surface area contributed by atoms with E-state index in [9.17, 15) is 5.11 Å². The predicted octanol–water partition coefficient (Wildman–Crippen LogP) is 1.33. The van der Waals surface area contributed by atoms with Crippen LogP contribution in [-0.4, -0.2) is 23.4 Å². The van der Waals surface area contributed by atoms with Crippen LogP contribution in [-0.2, 0) is 4.74 Å². The second kappa shape index (κ2) is 2.46. The number of hydrogen-bond acceptors (Lipinski definition) is 2. The topological polar surface area (TPSA) is 32.8 Å². The van der Waals surface area contributed by atoms with E-state index in [1.165, 1.54) is 19.3 Å². The zero-order valence-corrected chi connectivity index (χ0v) is 7.05. The molecule has 1 heterocycles. The van der Waals surface area contributed by atoms with Gasteiger partial charge in [0, 0.05) is 6.42 Å². The van der Waals surface area contributed by atoms with E-state index in [1.807, 2.05) is 6.92 Å². The molecule has 1 N–H and O–H groups in total. The third-order valence-corrected chi connectivity index (χ3v) is 3.03. The SMILES string of the molecule is CC(O)(CC1CO1)C1CCC1. The molecular formula is C9H16O2. The molecule has 2 aliphatic rings. The van der Waals surface area contributed by atoms with Crippen molar-refractivity contribution in [3.8, 4) is 0 Å². The number of hydrogen-bond donors (Lipinski definition) is 1. The monoisotopic (exact) mass is 156 g/mol. The fraction of sp³-hybridized carbons (Fsp3) is 1.00. The minimum Gasteiger partial charge on any atom is -0.390 e. The minimum absolute atomic E-state index is 0.366. The van der Waals surface area contributed by atoms with E-state index in [1.54, 1.807) is 0 Å². The summed E-state index contributed by atoms with van der Waals surface area (Å²) in [6.07, 6.45) is 4.93. The van der Waals surface area contributed by atoms with Gasteiger partial charge in [-0.25, -0.2) is 0 Å². The summed E-state index contributed by atoms with van der Waals surface area (Å²) < 4.78 is 5.10. The van der Waals surface area contributed by atoms with E-state index in [0.29, 0.717) is 12.0 Å². The summed E-state index contributed by atoms with van der Waals surface area (Å²) in [5, 5.41) is 9.96. The lowest BCUT2D eigenvalue weighted by Gasteiger charge is -2.38. The predicted molar refractivity (Wildman–Crippen MR) is 42.3 cm³/mol. The fourth-order valence-corrected chi connectivity index (χ4v) is 1.84. The van der Waals surface area contributed by atoms with Crippen LogP contribution in [0.25, 0.3) is 0 Å². The smallest absolute Gasteiger partial charge is 0.0837 e. The summed E-state index contributed by atoms with van der Waals surface area (Å²) in [6.45, 7) is 2.82. The number of ether oxygens (including phenoxy) is 1. The van der Waals surface area contributed by atoms with Crippen LogP contribution in [0.4, 0.5) is 0 Å². The molecule has 2 fully saturated rings. The molecular weight excluding hydrogens is 140 g/mol. The summed E-state index contributed by atoms with van der Waals surface area (Å²) in [4.78, 5) is 0. The molecule has 2 rings (SSSR count). The van der Waals surface area contributed by atoms with Gasteiger partial charge >= 0.3 is 0 Å².